The van der Waals surface area contributed by atoms with Crippen molar-refractivity contribution in [3.05, 3.63) is 20.8 Å². The van der Waals surface area contributed by atoms with Gasteiger partial charge in [0.2, 0.25) is 16.0 Å². The first-order chi connectivity index (χ1) is 14.0. The van der Waals surface area contributed by atoms with E-state index in [9.17, 15) is 13.2 Å². The van der Waals surface area contributed by atoms with Crippen molar-refractivity contribution in [1.29, 1.82) is 0 Å². The molecule has 0 radical (unpaired) electrons. The van der Waals surface area contributed by atoms with E-state index in [1.54, 1.807) is 15.6 Å². The lowest BCUT2D eigenvalue weighted by Crippen LogP contribution is -2.50. The first kappa shape index (κ1) is 20.8. The summed E-state index contributed by atoms with van der Waals surface area (Å²) in [5, 5.41) is 0.825. The van der Waals surface area contributed by atoms with Crippen LogP contribution in [-0.2, 0) is 29.4 Å². The fourth-order valence-corrected chi connectivity index (χ4v) is 7.19. The molecule has 9 heteroatoms. The molecule has 1 saturated heterocycles. The number of hydrogen-bond acceptors (Lipinski definition) is 6. The number of nitrogens with zero attached hydrogens (tertiary/aromatic N) is 4. The van der Waals surface area contributed by atoms with Gasteiger partial charge in [-0.2, -0.15) is 4.31 Å². The summed E-state index contributed by atoms with van der Waals surface area (Å²) in [6.07, 6.45) is 5.84. The van der Waals surface area contributed by atoms with E-state index in [0.29, 0.717) is 45.1 Å². The fraction of sp³-hybridized carbons (Fsp3) is 0.700. The Morgan fingerprint density at radius 2 is 1.76 bits per heavy atom. The van der Waals surface area contributed by atoms with Crippen molar-refractivity contribution in [2.45, 2.75) is 58.9 Å². The molecule has 7 nitrogen and oxygen atoms in total. The van der Waals surface area contributed by atoms with E-state index >= 15 is 0 Å². The van der Waals surface area contributed by atoms with Crippen LogP contribution in [0, 0.1) is 0 Å². The number of thiophene rings is 1. The van der Waals surface area contributed by atoms with Crippen LogP contribution in [0.15, 0.2) is 4.79 Å². The fourth-order valence-electron chi connectivity index (χ4n) is 4.45. The number of anilines is 1. The second-order valence-electron chi connectivity index (χ2n) is 7.96. The Morgan fingerprint density at radius 1 is 1.03 bits per heavy atom. The Morgan fingerprint density at radius 3 is 2.45 bits per heavy atom. The lowest BCUT2D eigenvalue weighted by molar-refractivity contribution is 0.379. The van der Waals surface area contributed by atoms with E-state index < -0.39 is 10.0 Å². The van der Waals surface area contributed by atoms with Crippen LogP contribution in [0.25, 0.3) is 10.2 Å². The van der Waals surface area contributed by atoms with Crippen LogP contribution in [-0.4, -0.2) is 54.2 Å². The second-order valence-corrected chi connectivity index (χ2v) is 11.1. The Hall–Kier alpha value is -1.45. The highest BCUT2D eigenvalue weighted by atomic mass is 32.2. The molecule has 1 fully saturated rings. The van der Waals surface area contributed by atoms with Gasteiger partial charge >= 0.3 is 0 Å². The van der Waals surface area contributed by atoms with Crippen LogP contribution in [0.1, 0.15) is 50.0 Å². The Balaban J connectivity index is 1.69. The molecule has 4 rings (SSSR count). The minimum Gasteiger partial charge on any atom is -0.339 e. The van der Waals surface area contributed by atoms with E-state index in [1.165, 1.54) is 16.9 Å². The van der Waals surface area contributed by atoms with E-state index in [0.717, 1.165) is 35.9 Å². The Labute approximate surface area is 176 Å². The molecule has 29 heavy (non-hydrogen) atoms. The van der Waals surface area contributed by atoms with Gasteiger partial charge in [-0.3, -0.25) is 9.36 Å². The van der Waals surface area contributed by atoms with Gasteiger partial charge in [0.15, 0.2) is 0 Å². The topological polar surface area (TPSA) is 75.5 Å². The summed E-state index contributed by atoms with van der Waals surface area (Å²) in [7, 11) is -3.18. The molecule has 0 aromatic carbocycles. The molecule has 2 aromatic rings. The van der Waals surface area contributed by atoms with Crippen LogP contribution < -0.4 is 10.5 Å². The maximum atomic E-state index is 13.4. The molecule has 1 aliphatic heterocycles. The molecule has 0 unspecified atom stereocenters. The molecule has 0 bridgehead atoms. The zero-order chi connectivity index (χ0) is 20.6. The number of fused-ring (bicyclic) bond motifs is 3. The summed E-state index contributed by atoms with van der Waals surface area (Å²) >= 11 is 1.67. The van der Waals surface area contributed by atoms with Gasteiger partial charge in [-0.1, -0.05) is 13.8 Å². The highest BCUT2D eigenvalue weighted by Gasteiger charge is 2.29. The third kappa shape index (κ3) is 3.84. The van der Waals surface area contributed by atoms with E-state index in [2.05, 4.69) is 11.8 Å². The number of sulfonamides is 1. The maximum absolute atomic E-state index is 13.4. The van der Waals surface area contributed by atoms with Crippen LogP contribution in [0.5, 0.6) is 0 Å². The van der Waals surface area contributed by atoms with Crippen molar-refractivity contribution in [1.82, 2.24) is 13.9 Å². The van der Waals surface area contributed by atoms with Gasteiger partial charge in [0.25, 0.3) is 5.56 Å². The average Bonchev–Trinajstić information content (AvgIpc) is 3.09. The highest BCUT2D eigenvalue weighted by Crippen LogP contribution is 2.34. The molecule has 1 aliphatic carbocycles. The predicted molar refractivity (Wildman–Crippen MR) is 119 cm³/mol. The largest absolute Gasteiger partial charge is 0.339 e. The first-order valence-electron chi connectivity index (χ1n) is 10.7. The molecule has 0 amide bonds. The molecular formula is C20H30N4O3S2. The van der Waals surface area contributed by atoms with Gasteiger partial charge in [-0.05, 0) is 44.1 Å². The van der Waals surface area contributed by atoms with Gasteiger partial charge in [0, 0.05) is 37.6 Å². The monoisotopic (exact) mass is 438 g/mol. The Bertz CT molecular complexity index is 1050. The SMILES string of the molecule is CCCn1c(N2CCN(S(=O)(=O)CCC)CC2)nc2sc3c(c2c1=O)CCCC3. The van der Waals surface area contributed by atoms with Gasteiger partial charge in [-0.15, -0.1) is 11.3 Å². The van der Waals surface area contributed by atoms with Crippen LogP contribution in [0.2, 0.25) is 0 Å². The van der Waals surface area contributed by atoms with Gasteiger partial charge in [0.05, 0.1) is 11.1 Å². The zero-order valence-corrected chi connectivity index (χ0v) is 18.9. The smallest absolute Gasteiger partial charge is 0.263 e. The number of aromatic nitrogens is 2. The molecule has 0 spiro atoms. The second kappa shape index (κ2) is 8.35. The van der Waals surface area contributed by atoms with Crippen molar-refractivity contribution in [2.24, 2.45) is 0 Å². The standard InChI is InChI=1S/C20H30N4O3S2/c1-3-9-24-19(25)17-15-7-5-6-8-16(15)28-18(17)21-20(24)22-10-12-23(13-11-22)29(26,27)14-4-2/h3-14H2,1-2H3. The third-order valence-corrected chi connectivity index (χ3v) is 9.14. The normalized spacial score (nSPS) is 18.3. The van der Waals surface area contributed by atoms with Crippen LogP contribution in [0.3, 0.4) is 0 Å². The summed E-state index contributed by atoms with van der Waals surface area (Å²) in [5.74, 6) is 0.897. The molecule has 160 valence electrons. The highest BCUT2D eigenvalue weighted by molar-refractivity contribution is 7.89. The van der Waals surface area contributed by atoms with Crippen LogP contribution >= 0.6 is 11.3 Å². The van der Waals surface area contributed by atoms with Gasteiger partial charge in [-0.25, -0.2) is 13.4 Å². The third-order valence-electron chi connectivity index (χ3n) is 5.88. The summed E-state index contributed by atoms with van der Waals surface area (Å²) in [6.45, 7) is 6.61. The van der Waals surface area contributed by atoms with Crippen LogP contribution in [0.4, 0.5) is 5.95 Å². The average molecular weight is 439 g/mol. The number of rotatable bonds is 6. The van der Waals surface area contributed by atoms with E-state index in [-0.39, 0.29) is 11.3 Å². The zero-order valence-electron chi connectivity index (χ0n) is 17.3. The number of piperazine rings is 1. The molecule has 0 N–H and O–H groups in total. The molecule has 3 heterocycles. The first-order valence-corrected chi connectivity index (χ1v) is 13.2. The van der Waals surface area contributed by atoms with Gasteiger partial charge in [0.1, 0.15) is 4.83 Å². The summed E-state index contributed by atoms with van der Waals surface area (Å²) in [5.41, 5.74) is 1.30. The minimum absolute atomic E-state index is 0.0762. The molecule has 0 saturated carbocycles. The molecule has 2 aliphatic rings. The number of hydrogen-bond donors (Lipinski definition) is 0. The van der Waals surface area contributed by atoms with E-state index in [1.807, 2.05) is 11.5 Å². The van der Waals surface area contributed by atoms with E-state index in [4.69, 9.17) is 4.98 Å². The predicted octanol–water partition coefficient (Wildman–Crippen LogP) is 2.61. The van der Waals surface area contributed by atoms with Crippen molar-refractivity contribution in [2.75, 3.05) is 36.8 Å². The maximum Gasteiger partial charge on any atom is 0.263 e. The number of aryl methyl sites for hydroxylation is 2. The van der Waals surface area contributed by atoms with Gasteiger partial charge < -0.3 is 4.90 Å². The Kier molecular flexibility index (Phi) is 5.99. The quantitative estimate of drug-likeness (QED) is 0.693. The minimum atomic E-state index is -3.18. The lowest BCUT2D eigenvalue weighted by Gasteiger charge is -2.35. The summed E-state index contributed by atoms with van der Waals surface area (Å²) in [4.78, 5) is 22.6. The lowest BCUT2D eigenvalue weighted by atomic mass is 9.97. The summed E-state index contributed by atoms with van der Waals surface area (Å²) < 4.78 is 28.2. The summed E-state index contributed by atoms with van der Waals surface area (Å²) in [6, 6.07) is 0. The van der Waals surface area contributed by atoms with Crippen molar-refractivity contribution >= 4 is 37.5 Å². The van der Waals surface area contributed by atoms with Crippen molar-refractivity contribution in [3.63, 3.8) is 0 Å². The van der Waals surface area contributed by atoms with Crippen molar-refractivity contribution < 1.29 is 8.42 Å². The van der Waals surface area contributed by atoms with Crippen molar-refractivity contribution in [3.8, 4) is 0 Å². The molecule has 2 aromatic heterocycles. The molecule has 0 atom stereocenters. The molecular weight excluding hydrogens is 408 g/mol.